The van der Waals surface area contributed by atoms with Gasteiger partial charge >= 0.3 is 0 Å². The lowest BCUT2D eigenvalue weighted by Gasteiger charge is -2.35. The van der Waals surface area contributed by atoms with Gasteiger partial charge < -0.3 is 9.80 Å². The summed E-state index contributed by atoms with van der Waals surface area (Å²) in [5.41, 5.74) is 25.7. The molecule has 2 aliphatic rings. The van der Waals surface area contributed by atoms with E-state index < -0.39 is 10.8 Å². The molecule has 0 fully saturated rings. The van der Waals surface area contributed by atoms with Gasteiger partial charge in [0.15, 0.2) is 0 Å². The minimum Gasteiger partial charge on any atom is -0.310 e. The predicted octanol–water partition coefficient (Wildman–Crippen LogP) is 23.0. The van der Waals surface area contributed by atoms with Crippen LogP contribution in [0.25, 0.3) is 67.1 Å². The van der Waals surface area contributed by atoms with Crippen molar-refractivity contribution in [3.8, 4) is 33.4 Å². The smallest absolute Gasteiger partial charge is 0.0540 e. The fourth-order valence-electron chi connectivity index (χ4n) is 15.2. The highest BCUT2D eigenvalue weighted by Crippen LogP contribution is 2.58. The fraction of sp³-hybridized carbons (Fsp3) is 0.0455. The van der Waals surface area contributed by atoms with E-state index in [0.29, 0.717) is 0 Å². The zero-order valence-electron chi connectivity index (χ0n) is 50.1. The zero-order chi connectivity index (χ0) is 60.2. The van der Waals surface area contributed by atoms with Crippen molar-refractivity contribution in [3.63, 3.8) is 0 Å². The van der Waals surface area contributed by atoms with Crippen LogP contribution in [-0.4, -0.2) is 0 Å². The van der Waals surface area contributed by atoms with Crippen molar-refractivity contribution in [1.82, 2.24) is 0 Å². The standard InChI is InChI=1S/C88H64N2/c1-3-61-41-45-63(46-42-61)59-87(65-25-9-5-10-26-65)81-39-23-21-35-75(81)77-51-49-69(57-83(77)87)89(67-29-13-7-14-30-67)85-55-53-73(71-33-17-19-37-79(71)85)74-54-56-86(80-38-20-18-34-72(74)80)90(68-31-15-8-16-32-68)70-50-52-78-76-36-22-24-40-82(76)88(84(78)58-70,66-27-11-6-12-28-66)60-64-47-43-62(4-2)44-48-64/h3-58H,1-2,59-60H2. The molecule has 2 heteroatoms. The fourth-order valence-corrected chi connectivity index (χ4v) is 15.2. The van der Waals surface area contributed by atoms with Gasteiger partial charge in [0.25, 0.3) is 0 Å². The van der Waals surface area contributed by atoms with Gasteiger partial charge in [-0.2, -0.15) is 0 Å². The van der Waals surface area contributed by atoms with Gasteiger partial charge in [-0.15, -0.1) is 0 Å². The Labute approximate surface area is 527 Å². The largest absolute Gasteiger partial charge is 0.310 e. The number of benzene rings is 14. The van der Waals surface area contributed by atoms with Crippen molar-refractivity contribution in [3.05, 3.63) is 396 Å². The third-order valence-corrected chi connectivity index (χ3v) is 19.3. The number of nitrogens with zero attached hydrogens (tertiary/aromatic N) is 2. The van der Waals surface area contributed by atoms with Gasteiger partial charge in [-0.05, 0) is 173 Å². The van der Waals surface area contributed by atoms with Crippen molar-refractivity contribution < 1.29 is 0 Å². The average molecular weight is 1150 g/mol. The number of hydrogen-bond acceptors (Lipinski definition) is 2. The molecule has 0 bridgehead atoms. The van der Waals surface area contributed by atoms with E-state index in [-0.39, 0.29) is 0 Å². The molecule has 90 heavy (non-hydrogen) atoms. The summed E-state index contributed by atoms with van der Waals surface area (Å²) in [7, 11) is 0. The number of fused-ring (bicyclic) bond motifs is 8. The molecule has 426 valence electrons. The Morgan fingerprint density at radius 1 is 0.256 bits per heavy atom. The average Bonchev–Trinajstić information content (AvgIpc) is 1.57. The van der Waals surface area contributed by atoms with Crippen molar-refractivity contribution in [2.45, 2.75) is 23.7 Å². The number of hydrogen-bond donors (Lipinski definition) is 0. The normalized spacial score (nSPS) is 15.2. The topological polar surface area (TPSA) is 6.48 Å². The molecule has 0 saturated heterocycles. The number of para-hydroxylation sites is 2. The van der Waals surface area contributed by atoms with Gasteiger partial charge in [0.2, 0.25) is 0 Å². The summed E-state index contributed by atoms with van der Waals surface area (Å²) in [5.74, 6) is 0. The molecule has 2 unspecified atom stereocenters. The lowest BCUT2D eigenvalue weighted by atomic mass is 9.68. The van der Waals surface area contributed by atoms with E-state index in [1.54, 1.807) is 0 Å². The first-order valence-electron chi connectivity index (χ1n) is 31.3. The van der Waals surface area contributed by atoms with Gasteiger partial charge in [0.05, 0.1) is 22.2 Å². The van der Waals surface area contributed by atoms with Crippen molar-refractivity contribution >= 4 is 67.8 Å². The van der Waals surface area contributed by atoms with Gasteiger partial charge in [0.1, 0.15) is 0 Å². The number of rotatable bonds is 15. The maximum absolute atomic E-state index is 4.07. The summed E-state index contributed by atoms with van der Waals surface area (Å²) in [6.45, 7) is 8.13. The summed E-state index contributed by atoms with van der Waals surface area (Å²) in [6.07, 6.45) is 5.44. The van der Waals surface area contributed by atoms with Crippen LogP contribution < -0.4 is 9.80 Å². The second kappa shape index (κ2) is 22.4. The molecule has 2 nitrogen and oxygen atoms in total. The first-order valence-corrected chi connectivity index (χ1v) is 31.3. The molecule has 0 aromatic heterocycles. The van der Waals surface area contributed by atoms with Crippen LogP contribution in [0.2, 0.25) is 0 Å². The van der Waals surface area contributed by atoms with E-state index in [0.717, 1.165) is 68.9 Å². The zero-order valence-corrected chi connectivity index (χ0v) is 50.1. The highest BCUT2D eigenvalue weighted by molar-refractivity contribution is 6.13. The Morgan fingerprint density at radius 3 is 0.967 bits per heavy atom. The Kier molecular flexibility index (Phi) is 13.5. The van der Waals surface area contributed by atoms with Crippen molar-refractivity contribution in [1.29, 1.82) is 0 Å². The molecular weight excluding hydrogens is 1080 g/mol. The SMILES string of the molecule is C=Cc1ccc(CC2(c3ccccc3)c3ccccc3-c3ccc(N(c4ccccc4)c4ccc(-c5ccc(N(c6ccccc6)c6ccc7c(c6)C(Cc6ccc(C=C)cc6)(c6ccccc6)c6ccccc6-7)c6ccccc56)c5ccccc45)cc32)cc1. The van der Waals surface area contributed by atoms with Gasteiger partial charge in [0, 0.05) is 33.5 Å². The summed E-state index contributed by atoms with van der Waals surface area (Å²) in [4.78, 5) is 4.95. The van der Waals surface area contributed by atoms with Crippen LogP contribution in [0.5, 0.6) is 0 Å². The molecule has 0 radical (unpaired) electrons. The second-order valence-corrected chi connectivity index (χ2v) is 24.0. The van der Waals surface area contributed by atoms with E-state index in [2.05, 4.69) is 351 Å². The Bertz CT molecular complexity index is 4710. The van der Waals surface area contributed by atoms with Gasteiger partial charge in [-0.3, -0.25) is 0 Å². The van der Waals surface area contributed by atoms with Crippen LogP contribution in [0.3, 0.4) is 0 Å². The van der Waals surface area contributed by atoms with Crippen molar-refractivity contribution in [2.24, 2.45) is 0 Å². The molecule has 2 aliphatic carbocycles. The lowest BCUT2D eigenvalue weighted by Crippen LogP contribution is -2.30. The number of anilines is 6. The van der Waals surface area contributed by atoms with E-state index in [9.17, 15) is 0 Å². The summed E-state index contributed by atoms with van der Waals surface area (Å²) in [5, 5.41) is 4.68. The van der Waals surface area contributed by atoms with Crippen molar-refractivity contribution in [2.75, 3.05) is 9.80 Å². The van der Waals surface area contributed by atoms with E-state index >= 15 is 0 Å². The maximum atomic E-state index is 4.07. The molecule has 16 rings (SSSR count). The monoisotopic (exact) mass is 1150 g/mol. The lowest BCUT2D eigenvalue weighted by molar-refractivity contribution is 0.629. The summed E-state index contributed by atoms with van der Waals surface area (Å²) >= 11 is 0. The first-order chi connectivity index (χ1) is 44.5. The summed E-state index contributed by atoms with van der Waals surface area (Å²) < 4.78 is 0. The second-order valence-electron chi connectivity index (χ2n) is 24.0. The van der Waals surface area contributed by atoms with Gasteiger partial charge in [-0.1, -0.05) is 292 Å². The first kappa shape index (κ1) is 54.1. The molecule has 0 amide bonds. The quantitative estimate of drug-likeness (QED) is 0.101. The minimum absolute atomic E-state index is 0.464. The molecule has 14 aromatic carbocycles. The molecule has 0 N–H and O–H groups in total. The summed E-state index contributed by atoms with van der Waals surface area (Å²) in [6, 6.07) is 122. The van der Waals surface area contributed by atoms with Gasteiger partial charge in [-0.25, -0.2) is 0 Å². The maximum Gasteiger partial charge on any atom is 0.0540 e. The van der Waals surface area contributed by atoms with Crippen LogP contribution in [0.1, 0.15) is 55.6 Å². The third-order valence-electron chi connectivity index (χ3n) is 19.3. The molecule has 0 aliphatic heterocycles. The Hall–Kier alpha value is -11.3. The highest BCUT2D eigenvalue weighted by Gasteiger charge is 2.47. The predicted molar refractivity (Wildman–Crippen MR) is 380 cm³/mol. The van der Waals surface area contributed by atoms with Crippen LogP contribution in [0, 0.1) is 0 Å². The van der Waals surface area contributed by atoms with E-state index in [4.69, 9.17) is 0 Å². The molecule has 0 heterocycles. The molecular formula is C88H64N2. The highest BCUT2D eigenvalue weighted by atomic mass is 15.1. The molecule has 14 aromatic rings. The minimum atomic E-state index is -0.464. The van der Waals surface area contributed by atoms with Crippen LogP contribution >= 0.6 is 0 Å². The van der Waals surface area contributed by atoms with E-state index in [1.807, 2.05) is 12.2 Å². The molecule has 2 atom stereocenters. The van der Waals surface area contributed by atoms with Crippen LogP contribution in [-0.2, 0) is 23.7 Å². The Morgan fingerprint density at radius 2 is 0.578 bits per heavy atom. The molecule has 0 spiro atoms. The molecule has 0 saturated carbocycles. The van der Waals surface area contributed by atoms with Crippen LogP contribution in [0.15, 0.2) is 341 Å². The van der Waals surface area contributed by atoms with E-state index in [1.165, 1.54) is 88.7 Å². The van der Waals surface area contributed by atoms with Crippen LogP contribution in [0.4, 0.5) is 34.1 Å². The Balaban J connectivity index is 0.848. The third kappa shape index (κ3) is 8.86.